The van der Waals surface area contributed by atoms with Gasteiger partial charge in [-0.15, -0.1) is 0 Å². The Balaban J connectivity index is 3.04. The number of halogens is 1. The first kappa shape index (κ1) is 14.0. The fraction of sp³-hybridized carbons (Fsp3) is 0.455. The second kappa shape index (κ2) is 6.63. The molecule has 0 amide bonds. The molecule has 1 aromatic rings. The van der Waals surface area contributed by atoms with Gasteiger partial charge in [-0.1, -0.05) is 22.6 Å². The molecule has 0 saturated carbocycles. The average Bonchev–Trinajstić information content (AvgIpc) is 2.71. The van der Waals surface area contributed by atoms with Crippen LogP contribution >= 0.6 is 22.6 Å². The first-order valence-corrected chi connectivity index (χ1v) is 6.56. The molecule has 0 spiro atoms. The summed E-state index contributed by atoms with van der Waals surface area (Å²) in [6, 6.07) is 0. The van der Waals surface area contributed by atoms with Crippen LogP contribution < -0.4 is 0 Å². The highest BCUT2D eigenvalue weighted by molar-refractivity contribution is 14.1. The average molecular weight is 351 g/mol. The van der Waals surface area contributed by atoms with E-state index in [1.54, 1.807) is 6.20 Å². The number of methoxy groups -OCH3 is 2. The number of H-pyrrole nitrogens is 1. The third-order valence-corrected chi connectivity index (χ3v) is 2.89. The molecule has 0 aromatic carbocycles. The van der Waals surface area contributed by atoms with Crippen LogP contribution in [0.15, 0.2) is 6.20 Å². The molecule has 1 rings (SSSR count). The van der Waals surface area contributed by atoms with Crippen LogP contribution in [-0.2, 0) is 27.1 Å². The van der Waals surface area contributed by atoms with Crippen molar-refractivity contribution < 1.29 is 19.1 Å². The van der Waals surface area contributed by atoms with E-state index < -0.39 is 11.9 Å². The predicted octanol–water partition coefficient (Wildman–Crippen LogP) is 1.49. The molecule has 0 radical (unpaired) electrons. The summed E-state index contributed by atoms with van der Waals surface area (Å²) in [4.78, 5) is 25.8. The molecule has 0 aliphatic carbocycles. The van der Waals surface area contributed by atoms with Crippen molar-refractivity contribution in [2.45, 2.75) is 12.8 Å². The summed E-state index contributed by atoms with van der Waals surface area (Å²) in [5.41, 5.74) is 1.86. The van der Waals surface area contributed by atoms with Gasteiger partial charge in [0.2, 0.25) is 0 Å². The Morgan fingerprint density at radius 2 is 2.06 bits per heavy atom. The topological polar surface area (TPSA) is 68.4 Å². The Bertz CT molecular complexity index is 414. The van der Waals surface area contributed by atoms with Crippen LogP contribution in [0.5, 0.6) is 0 Å². The van der Waals surface area contributed by atoms with Gasteiger partial charge in [-0.25, -0.2) is 4.79 Å². The molecule has 1 N–H and O–H groups in total. The van der Waals surface area contributed by atoms with Crippen molar-refractivity contribution in [3.63, 3.8) is 0 Å². The molecule has 0 aliphatic heterocycles. The van der Waals surface area contributed by atoms with E-state index in [9.17, 15) is 9.59 Å². The van der Waals surface area contributed by atoms with Gasteiger partial charge < -0.3 is 14.5 Å². The minimum Gasteiger partial charge on any atom is -0.469 e. The molecule has 5 nitrogen and oxygen atoms in total. The maximum Gasteiger partial charge on any atom is 0.339 e. The van der Waals surface area contributed by atoms with Crippen LogP contribution in [0.2, 0.25) is 0 Å². The zero-order valence-corrected chi connectivity index (χ0v) is 11.9. The molecular formula is C11H14INO4. The highest BCUT2D eigenvalue weighted by Gasteiger charge is 2.20. The third-order valence-electron chi connectivity index (χ3n) is 2.35. The number of rotatable bonds is 5. The lowest BCUT2D eigenvalue weighted by Gasteiger charge is -2.04. The van der Waals surface area contributed by atoms with Crippen molar-refractivity contribution in [3.05, 3.63) is 23.0 Å². The van der Waals surface area contributed by atoms with E-state index in [0.717, 1.165) is 16.4 Å². The van der Waals surface area contributed by atoms with Gasteiger partial charge >= 0.3 is 11.9 Å². The normalized spacial score (nSPS) is 10.1. The number of carbonyl (C=O) groups excluding carboxylic acids is 2. The third kappa shape index (κ3) is 3.45. The minimum atomic E-state index is -0.426. The number of hydrogen-bond donors (Lipinski definition) is 1. The van der Waals surface area contributed by atoms with Gasteiger partial charge in [0.1, 0.15) is 0 Å². The van der Waals surface area contributed by atoms with Gasteiger partial charge in [-0.05, 0) is 12.0 Å². The number of aromatic nitrogens is 1. The van der Waals surface area contributed by atoms with Crippen LogP contribution in [0.4, 0.5) is 0 Å². The molecule has 94 valence electrons. The van der Waals surface area contributed by atoms with Gasteiger partial charge in [-0.2, -0.15) is 0 Å². The number of alkyl halides is 1. The van der Waals surface area contributed by atoms with E-state index in [1.165, 1.54) is 14.2 Å². The fourth-order valence-electron chi connectivity index (χ4n) is 1.52. The second-order valence-corrected chi connectivity index (χ2v) is 4.43. The summed E-state index contributed by atoms with van der Waals surface area (Å²) >= 11 is 2.23. The maximum atomic E-state index is 11.7. The Hall–Kier alpha value is -1.05. The quantitative estimate of drug-likeness (QED) is 0.496. The Kier molecular flexibility index (Phi) is 5.46. The first-order valence-electron chi connectivity index (χ1n) is 5.04. The highest BCUT2D eigenvalue weighted by atomic mass is 127. The molecule has 17 heavy (non-hydrogen) atoms. The van der Waals surface area contributed by atoms with E-state index >= 15 is 0 Å². The summed E-state index contributed by atoms with van der Waals surface area (Å²) < 4.78 is 10.2. The van der Waals surface area contributed by atoms with Gasteiger partial charge in [0, 0.05) is 16.3 Å². The highest BCUT2D eigenvalue weighted by Crippen LogP contribution is 2.18. The monoisotopic (exact) mass is 351 g/mol. The van der Waals surface area contributed by atoms with Crippen LogP contribution in [-0.4, -0.2) is 35.6 Å². The fourth-order valence-corrected chi connectivity index (χ4v) is 2.10. The van der Waals surface area contributed by atoms with Crippen molar-refractivity contribution in [1.29, 1.82) is 0 Å². The summed E-state index contributed by atoms with van der Waals surface area (Å²) in [6.45, 7) is 0. The SMILES string of the molecule is COC(=O)Cc1[nH]cc(CCI)c1C(=O)OC. The van der Waals surface area contributed by atoms with E-state index in [0.29, 0.717) is 11.3 Å². The molecule has 0 aliphatic rings. The minimum absolute atomic E-state index is 0.0438. The molecule has 0 saturated heterocycles. The second-order valence-electron chi connectivity index (χ2n) is 3.35. The summed E-state index contributed by atoms with van der Waals surface area (Å²) in [5.74, 6) is -0.817. The predicted molar refractivity (Wildman–Crippen MR) is 70.4 cm³/mol. The number of aromatic amines is 1. The Morgan fingerprint density at radius 1 is 1.35 bits per heavy atom. The number of esters is 2. The van der Waals surface area contributed by atoms with Gasteiger partial charge in [-0.3, -0.25) is 4.79 Å². The summed E-state index contributed by atoms with van der Waals surface area (Å²) in [6.07, 6.45) is 2.54. The van der Waals surface area contributed by atoms with Crippen LogP contribution in [0.3, 0.4) is 0 Å². The molecular weight excluding hydrogens is 337 g/mol. The summed E-state index contributed by atoms with van der Waals surface area (Å²) in [7, 11) is 2.64. The van der Waals surface area contributed by atoms with Crippen LogP contribution in [0.1, 0.15) is 21.6 Å². The van der Waals surface area contributed by atoms with Crippen molar-refractivity contribution in [2.75, 3.05) is 18.6 Å². The molecule has 6 heteroatoms. The van der Waals surface area contributed by atoms with Crippen molar-refractivity contribution >= 4 is 34.5 Å². The van der Waals surface area contributed by atoms with Crippen LogP contribution in [0.25, 0.3) is 0 Å². The van der Waals surface area contributed by atoms with E-state index in [-0.39, 0.29) is 6.42 Å². The van der Waals surface area contributed by atoms with Gasteiger partial charge in [0.05, 0.1) is 26.2 Å². The summed E-state index contributed by atoms with van der Waals surface area (Å²) in [5, 5.41) is 0. The zero-order chi connectivity index (χ0) is 12.8. The van der Waals surface area contributed by atoms with E-state index in [4.69, 9.17) is 4.74 Å². The van der Waals surface area contributed by atoms with Crippen LogP contribution in [0, 0.1) is 0 Å². The van der Waals surface area contributed by atoms with E-state index in [2.05, 4.69) is 32.3 Å². The zero-order valence-electron chi connectivity index (χ0n) is 9.71. The molecule has 0 bridgehead atoms. The lowest BCUT2D eigenvalue weighted by atomic mass is 10.1. The first-order chi connectivity index (χ1) is 8.13. The Morgan fingerprint density at radius 3 is 2.59 bits per heavy atom. The molecule has 0 fully saturated rings. The van der Waals surface area contributed by atoms with Crippen molar-refractivity contribution in [3.8, 4) is 0 Å². The number of aryl methyl sites for hydroxylation is 1. The number of hydrogen-bond acceptors (Lipinski definition) is 4. The lowest BCUT2D eigenvalue weighted by molar-refractivity contribution is -0.139. The number of ether oxygens (including phenoxy) is 2. The largest absolute Gasteiger partial charge is 0.469 e. The standard InChI is InChI=1S/C11H14INO4/c1-16-9(14)5-8-10(11(15)17-2)7(3-4-12)6-13-8/h6,13H,3-5H2,1-2H3. The maximum absolute atomic E-state index is 11.7. The van der Waals surface area contributed by atoms with Crippen molar-refractivity contribution in [2.24, 2.45) is 0 Å². The smallest absolute Gasteiger partial charge is 0.339 e. The number of nitrogens with one attached hydrogen (secondary N) is 1. The van der Waals surface area contributed by atoms with Gasteiger partial charge in [0.15, 0.2) is 0 Å². The molecule has 1 aromatic heterocycles. The molecule has 0 atom stereocenters. The van der Waals surface area contributed by atoms with E-state index in [1.807, 2.05) is 0 Å². The van der Waals surface area contributed by atoms with Gasteiger partial charge in [0.25, 0.3) is 0 Å². The molecule has 1 heterocycles. The van der Waals surface area contributed by atoms with Crippen molar-refractivity contribution in [1.82, 2.24) is 4.98 Å². The molecule has 0 unspecified atom stereocenters. The number of carbonyl (C=O) groups is 2. The Labute approximate surface area is 113 Å². The lowest BCUT2D eigenvalue weighted by Crippen LogP contribution is -2.11.